The minimum atomic E-state index is -0.596. The van der Waals surface area contributed by atoms with Gasteiger partial charge in [-0.25, -0.2) is 19.6 Å². The lowest BCUT2D eigenvalue weighted by Gasteiger charge is -2.41. The molecule has 10 heteroatoms. The predicted molar refractivity (Wildman–Crippen MR) is 118 cm³/mol. The van der Waals surface area contributed by atoms with Crippen molar-refractivity contribution in [2.45, 2.75) is 32.0 Å². The van der Waals surface area contributed by atoms with E-state index in [1.807, 2.05) is 35.2 Å². The van der Waals surface area contributed by atoms with Crippen LogP contribution in [0.5, 0.6) is 0 Å². The van der Waals surface area contributed by atoms with Crippen LogP contribution in [0, 0.1) is 11.3 Å². The van der Waals surface area contributed by atoms with Crippen molar-refractivity contribution in [2.24, 2.45) is 0 Å². The maximum Gasteiger partial charge on any atom is 0.410 e. The Labute approximate surface area is 192 Å². The van der Waals surface area contributed by atoms with Crippen molar-refractivity contribution in [3.8, 4) is 6.07 Å². The topological polar surface area (TPSA) is 121 Å². The SMILES string of the molecule is COC(=O)c1nc2c(c(N3CCN(C(=O)OCc4ccccc4)[C@@H](CC#N)C3)n1)CCNC2. The van der Waals surface area contributed by atoms with Gasteiger partial charge in [-0.15, -0.1) is 0 Å². The second-order valence-electron chi connectivity index (χ2n) is 7.91. The molecule has 1 saturated heterocycles. The zero-order chi connectivity index (χ0) is 23.2. The Hall–Kier alpha value is -3.71. The summed E-state index contributed by atoms with van der Waals surface area (Å²) in [5.41, 5.74) is 2.66. The highest BCUT2D eigenvalue weighted by Gasteiger charge is 2.34. The van der Waals surface area contributed by atoms with E-state index in [1.54, 1.807) is 4.90 Å². The average Bonchev–Trinajstić information content (AvgIpc) is 2.87. The summed E-state index contributed by atoms with van der Waals surface area (Å²) < 4.78 is 10.3. The van der Waals surface area contributed by atoms with Crippen LogP contribution in [-0.4, -0.2) is 66.3 Å². The summed E-state index contributed by atoms with van der Waals surface area (Å²) in [4.78, 5) is 37.5. The molecule has 0 saturated carbocycles. The highest BCUT2D eigenvalue weighted by molar-refractivity contribution is 5.85. The second-order valence-corrected chi connectivity index (χ2v) is 7.91. The molecule has 2 aromatic rings. The number of methoxy groups -OCH3 is 1. The van der Waals surface area contributed by atoms with Crippen molar-refractivity contribution < 1.29 is 19.1 Å². The van der Waals surface area contributed by atoms with Gasteiger partial charge in [-0.05, 0) is 18.5 Å². The van der Waals surface area contributed by atoms with Gasteiger partial charge in [0, 0.05) is 31.7 Å². The number of carbonyl (C=O) groups excluding carboxylic acids is 2. The summed E-state index contributed by atoms with van der Waals surface area (Å²) in [5, 5.41) is 12.6. The van der Waals surface area contributed by atoms with Crippen LogP contribution in [0.25, 0.3) is 0 Å². The number of piperazine rings is 1. The van der Waals surface area contributed by atoms with Gasteiger partial charge in [0.25, 0.3) is 0 Å². The van der Waals surface area contributed by atoms with Gasteiger partial charge in [0.1, 0.15) is 12.4 Å². The molecule has 0 unspecified atom stereocenters. The van der Waals surface area contributed by atoms with Crippen LogP contribution in [0.3, 0.4) is 0 Å². The number of hydrogen-bond donors (Lipinski definition) is 1. The first-order chi connectivity index (χ1) is 16.1. The fourth-order valence-corrected chi connectivity index (χ4v) is 4.15. The lowest BCUT2D eigenvalue weighted by molar-refractivity contribution is 0.0586. The molecular weight excluding hydrogens is 424 g/mol. The number of nitrogens with one attached hydrogen (secondary N) is 1. The van der Waals surface area contributed by atoms with Crippen molar-refractivity contribution in [2.75, 3.05) is 38.2 Å². The van der Waals surface area contributed by atoms with Gasteiger partial charge in [0.2, 0.25) is 5.82 Å². The highest BCUT2D eigenvalue weighted by Crippen LogP contribution is 2.27. The third-order valence-corrected chi connectivity index (χ3v) is 5.83. The number of carbonyl (C=O) groups is 2. The summed E-state index contributed by atoms with van der Waals surface area (Å²) in [6, 6.07) is 11.3. The van der Waals surface area contributed by atoms with Crippen molar-refractivity contribution >= 4 is 17.9 Å². The summed E-state index contributed by atoms with van der Waals surface area (Å²) in [6.07, 6.45) is 0.451. The fourth-order valence-electron chi connectivity index (χ4n) is 4.15. The standard InChI is InChI=1S/C23H26N6O4/c1-32-22(30)20-26-19-13-25-10-8-18(19)21(27-20)28-11-12-29(17(14-28)7-9-24)23(31)33-15-16-5-3-2-4-6-16/h2-6,17,25H,7-8,10-15H2,1H3/t17-/m0/s1. The Kier molecular flexibility index (Phi) is 7.00. The van der Waals surface area contributed by atoms with Crippen LogP contribution in [0.1, 0.15) is 33.9 Å². The number of rotatable bonds is 5. The van der Waals surface area contributed by atoms with Gasteiger partial charge in [-0.1, -0.05) is 30.3 Å². The number of esters is 1. The number of fused-ring (bicyclic) bond motifs is 1. The normalized spacial score (nSPS) is 17.6. The zero-order valence-electron chi connectivity index (χ0n) is 18.5. The van der Waals surface area contributed by atoms with Crippen LogP contribution in [0.15, 0.2) is 30.3 Å². The molecule has 2 aliphatic rings. The quantitative estimate of drug-likeness (QED) is 0.678. The van der Waals surface area contributed by atoms with Gasteiger partial charge in [0.05, 0.1) is 31.3 Å². The molecule has 1 aromatic carbocycles. The van der Waals surface area contributed by atoms with Crippen molar-refractivity contribution in [3.05, 3.63) is 53.0 Å². The van der Waals surface area contributed by atoms with E-state index in [-0.39, 0.29) is 24.9 Å². The van der Waals surface area contributed by atoms with E-state index in [1.165, 1.54) is 7.11 Å². The van der Waals surface area contributed by atoms with Gasteiger partial charge >= 0.3 is 12.1 Å². The summed E-state index contributed by atoms with van der Waals surface area (Å²) in [7, 11) is 1.30. The Morgan fingerprint density at radius 1 is 1.24 bits per heavy atom. The van der Waals surface area contributed by atoms with Crippen molar-refractivity contribution in [1.29, 1.82) is 5.26 Å². The first-order valence-corrected chi connectivity index (χ1v) is 10.9. The molecule has 0 radical (unpaired) electrons. The number of ether oxygens (including phenoxy) is 2. The molecule has 1 fully saturated rings. The fraction of sp³-hybridized carbons (Fsp3) is 0.435. The summed E-state index contributed by atoms with van der Waals surface area (Å²) in [6.45, 7) is 2.79. The smallest absolute Gasteiger partial charge is 0.410 e. The van der Waals surface area contributed by atoms with Crippen LogP contribution in [0.2, 0.25) is 0 Å². The molecule has 4 rings (SSSR count). The lowest BCUT2D eigenvalue weighted by Crippen LogP contribution is -2.56. The second kappa shape index (κ2) is 10.3. The van der Waals surface area contributed by atoms with Gasteiger partial charge in [-0.2, -0.15) is 5.26 Å². The van der Waals surface area contributed by atoms with Crippen molar-refractivity contribution in [3.63, 3.8) is 0 Å². The van der Waals surface area contributed by atoms with E-state index < -0.39 is 12.1 Å². The van der Waals surface area contributed by atoms with Gasteiger partial charge in [-0.3, -0.25) is 0 Å². The van der Waals surface area contributed by atoms with Crippen molar-refractivity contribution in [1.82, 2.24) is 20.2 Å². The number of amides is 1. The molecule has 3 heterocycles. The number of benzene rings is 1. The van der Waals surface area contributed by atoms with Crippen LogP contribution < -0.4 is 10.2 Å². The number of aromatic nitrogens is 2. The average molecular weight is 450 g/mol. The Bertz CT molecular complexity index is 1050. The van der Waals surface area contributed by atoms with E-state index in [0.717, 1.165) is 29.8 Å². The first-order valence-electron chi connectivity index (χ1n) is 10.9. The molecule has 0 spiro atoms. The molecule has 10 nitrogen and oxygen atoms in total. The predicted octanol–water partition coefficient (Wildman–Crippen LogP) is 1.65. The molecule has 0 aliphatic carbocycles. The minimum Gasteiger partial charge on any atom is -0.463 e. The summed E-state index contributed by atoms with van der Waals surface area (Å²) >= 11 is 0. The Morgan fingerprint density at radius 2 is 2.06 bits per heavy atom. The maximum absolute atomic E-state index is 12.8. The monoisotopic (exact) mass is 450 g/mol. The van der Waals surface area contributed by atoms with E-state index in [4.69, 9.17) is 9.47 Å². The summed E-state index contributed by atoms with van der Waals surface area (Å²) in [5.74, 6) is 0.0833. The molecule has 1 N–H and O–H groups in total. The molecular formula is C23H26N6O4. The molecule has 33 heavy (non-hydrogen) atoms. The number of hydrogen-bond acceptors (Lipinski definition) is 9. The van der Waals surface area contributed by atoms with E-state index in [9.17, 15) is 14.9 Å². The third kappa shape index (κ3) is 5.04. The Balaban J connectivity index is 1.53. The van der Waals surface area contributed by atoms with Gasteiger partial charge < -0.3 is 24.6 Å². The molecule has 172 valence electrons. The van der Waals surface area contributed by atoms with E-state index in [2.05, 4.69) is 21.4 Å². The number of anilines is 1. The molecule has 1 aromatic heterocycles. The number of nitrogens with zero attached hydrogens (tertiary/aromatic N) is 5. The largest absolute Gasteiger partial charge is 0.463 e. The molecule has 1 amide bonds. The molecule has 2 aliphatic heterocycles. The molecule has 0 bridgehead atoms. The van der Waals surface area contributed by atoms with Gasteiger partial charge in [0.15, 0.2) is 0 Å². The van der Waals surface area contributed by atoms with E-state index >= 15 is 0 Å². The molecule has 1 atom stereocenters. The number of nitriles is 1. The van der Waals surface area contributed by atoms with Crippen LogP contribution in [-0.2, 0) is 29.0 Å². The minimum absolute atomic E-state index is 0.0106. The first kappa shape index (κ1) is 22.5. The zero-order valence-corrected chi connectivity index (χ0v) is 18.5. The lowest BCUT2D eigenvalue weighted by atomic mass is 10.0. The van der Waals surface area contributed by atoms with Crippen LogP contribution >= 0.6 is 0 Å². The Morgan fingerprint density at radius 3 is 2.82 bits per heavy atom. The van der Waals surface area contributed by atoms with Crippen LogP contribution in [0.4, 0.5) is 10.6 Å². The van der Waals surface area contributed by atoms with E-state index in [0.29, 0.717) is 32.0 Å². The third-order valence-electron chi connectivity index (χ3n) is 5.83. The highest BCUT2D eigenvalue weighted by atomic mass is 16.6. The maximum atomic E-state index is 12.8.